The second-order valence-corrected chi connectivity index (χ2v) is 6.39. The summed E-state index contributed by atoms with van der Waals surface area (Å²) in [6.45, 7) is 3.14. The molecule has 0 spiro atoms. The number of nitrogens with zero attached hydrogens (tertiary/aromatic N) is 1. The summed E-state index contributed by atoms with van der Waals surface area (Å²) in [4.78, 5) is 14.4. The Bertz CT molecular complexity index is 737. The van der Waals surface area contributed by atoms with Crippen molar-refractivity contribution in [1.29, 1.82) is 0 Å². The molecule has 2 aromatic rings. The van der Waals surface area contributed by atoms with Crippen LogP contribution in [0.3, 0.4) is 0 Å². The van der Waals surface area contributed by atoms with Crippen LogP contribution >= 0.6 is 0 Å². The average molecular weight is 320 g/mol. The molecule has 3 heteroatoms. The van der Waals surface area contributed by atoms with E-state index in [1.165, 1.54) is 17.7 Å². The number of anilines is 1. The smallest absolute Gasteiger partial charge is 0.244 e. The van der Waals surface area contributed by atoms with Crippen LogP contribution in [0.4, 0.5) is 5.69 Å². The molecule has 1 unspecified atom stereocenters. The molecule has 0 radical (unpaired) electrons. The predicted octanol–water partition coefficient (Wildman–Crippen LogP) is 3.96. The number of rotatable bonds is 4. The summed E-state index contributed by atoms with van der Waals surface area (Å²) in [6.07, 6.45) is 5.73. The van der Waals surface area contributed by atoms with Crippen molar-refractivity contribution < 1.29 is 4.79 Å². The third kappa shape index (κ3) is 3.85. The average Bonchev–Trinajstić information content (AvgIpc) is 2.61. The van der Waals surface area contributed by atoms with E-state index >= 15 is 0 Å². The van der Waals surface area contributed by atoms with Crippen LogP contribution in [0.1, 0.15) is 36.1 Å². The molecule has 0 saturated carbocycles. The van der Waals surface area contributed by atoms with E-state index in [9.17, 15) is 4.79 Å². The molecule has 124 valence electrons. The standard InChI is InChI=1S/C21H24N2O/c1-16(22-21(24)13-10-17-7-4-3-5-8-17)18-11-12-20-19(15-18)9-6-14-23(20)2/h3-5,7-8,10-13,15-16H,6,9,14H2,1-2H3,(H,22,24). The first-order chi connectivity index (χ1) is 11.6. The lowest BCUT2D eigenvalue weighted by Gasteiger charge is -2.28. The van der Waals surface area contributed by atoms with E-state index in [-0.39, 0.29) is 11.9 Å². The van der Waals surface area contributed by atoms with Crippen molar-refractivity contribution >= 4 is 17.7 Å². The van der Waals surface area contributed by atoms with Crippen molar-refractivity contribution in [3.8, 4) is 0 Å². The van der Waals surface area contributed by atoms with E-state index < -0.39 is 0 Å². The summed E-state index contributed by atoms with van der Waals surface area (Å²) in [7, 11) is 2.14. The summed E-state index contributed by atoms with van der Waals surface area (Å²) in [6, 6.07) is 16.4. The molecule has 3 nitrogen and oxygen atoms in total. The Morgan fingerprint density at radius 3 is 2.79 bits per heavy atom. The minimum atomic E-state index is -0.0683. The Kier molecular flexibility index (Phi) is 4.99. The molecular formula is C21H24N2O. The normalized spacial score (nSPS) is 15.2. The monoisotopic (exact) mass is 320 g/mol. The molecule has 1 atom stereocenters. The molecule has 0 aromatic heterocycles. The molecule has 1 N–H and O–H groups in total. The van der Waals surface area contributed by atoms with Crippen LogP contribution < -0.4 is 10.2 Å². The molecule has 0 fully saturated rings. The molecule has 1 aliphatic rings. The molecule has 1 aliphatic heterocycles. The van der Waals surface area contributed by atoms with Gasteiger partial charge in [-0.1, -0.05) is 42.5 Å². The summed E-state index contributed by atoms with van der Waals surface area (Å²) < 4.78 is 0. The van der Waals surface area contributed by atoms with Gasteiger partial charge in [0.2, 0.25) is 5.91 Å². The van der Waals surface area contributed by atoms with E-state index in [2.05, 4.69) is 35.5 Å². The summed E-state index contributed by atoms with van der Waals surface area (Å²) >= 11 is 0. The van der Waals surface area contributed by atoms with Crippen LogP contribution in [0, 0.1) is 0 Å². The van der Waals surface area contributed by atoms with Gasteiger partial charge in [-0.15, -0.1) is 0 Å². The van der Waals surface area contributed by atoms with Gasteiger partial charge in [0.1, 0.15) is 0 Å². The van der Waals surface area contributed by atoms with E-state index in [1.54, 1.807) is 6.08 Å². The highest BCUT2D eigenvalue weighted by molar-refractivity contribution is 5.91. The first-order valence-corrected chi connectivity index (χ1v) is 8.51. The molecule has 0 aliphatic carbocycles. The van der Waals surface area contributed by atoms with Gasteiger partial charge >= 0.3 is 0 Å². The van der Waals surface area contributed by atoms with Gasteiger partial charge in [0.25, 0.3) is 0 Å². The molecule has 2 aromatic carbocycles. The zero-order valence-corrected chi connectivity index (χ0v) is 14.3. The van der Waals surface area contributed by atoms with Gasteiger partial charge in [-0.25, -0.2) is 0 Å². The first kappa shape index (κ1) is 16.3. The van der Waals surface area contributed by atoms with E-state index in [0.29, 0.717) is 0 Å². The largest absolute Gasteiger partial charge is 0.374 e. The number of fused-ring (bicyclic) bond motifs is 1. The van der Waals surface area contributed by atoms with Gasteiger partial charge in [-0.3, -0.25) is 4.79 Å². The Balaban J connectivity index is 1.65. The maximum Gasteiger partial charge on any atom is 0.244 e. The van der Waals surface area contributed by atoms with Crippen LogP contribution in [0.15, 0.2) is 54.6 Å². The Labute approximate surface area is 144 Å². The number of aryl methyl sites for hydroxylation is 1. The first-order valence-electron chi connectivity index (χ1n) is 8.51. The van der Waals surface area contributed by atoms with Crippen molar-refractivity contribution in [3.63, 3.8) is 0 Å². The van der Waals surface area contributed by atoms with Crippen molar-refractivity contribution in [3.05, 3.63) is 71.3 Å². The molecule has 24 heavy (non-hydrogen) atoms. The highest BCUT2D eigenvalue weighted by Gasteiger charge is 2.16. The fourth-order valence-electron chi connectivity index (χ4n) is 3.16. The van der Waals surface area contributed by atoms with Crippen LogP contribution in [-0.4, -0.2) is 19.5 Å². The highest BCUT2D eigenvalue weighted by Crippen LogP contribution is 2.28. The zero-order chi connectivity index (χ0) is 16.9. The quantitative estimate of drug-likeness (QED) is 0.865. The van der Waals surface area contributed by atoms with Crippen LogP contribution in [-0.2, 0) is 11.2 Å². The van der Waals surface area contributed by atoms with Crippen molar-refractivity contribution in [2.75, 3.05) is 18.5 Å². The van der Waals surface area contributed by atoms with Gasteiger partial charge in [-0.2, -0.15) is 0 Å². The van der Waals surface area contributed by atoms with Crippen molar-refractivity contribution in [1.82, 2.24) is 5.32 Å². The van der Waals surface area contributed by atoms with E-state index in [4.69, 9.17) is 0 Å². The van der Waals surface area contributed by atoms with Gasteiger partial charge in [0.05, 0.1) is 6.04 Å². The highest BCUT2D eigenvalue weighted by atomic mass is 16.1. The van der Waals surface area contributed by atoms with E-state index in [0.717, 1.165) is 24.1 Å². The lowest BCUT2D eigenvalue weighted by molar-refractivity contribution is -0.117. The van der Waals surface area contributed by atoms with Crippen LogP contribution in [0.5, 0.6) is 0 Å². The van der Waals surface area contributed by atoms with Crippen molar-refractivity contribution in [2.45, 2.75) is 25.8 Å². The molecule has 0 saturated heterocycles. The summed E-state index contributed by atoms with van der Waals surface area (Å²) in [5, 5.41) is 3.05. The van der Waals surface area contributed by atoms with Gasteiger partial charge in [-0.05, 0) is 48.6 Å². The van der Waals surface area contributed by atoms with Gasteiger partial charge < -0.3 is 10.2 Å². The second kappa shape index (κ2) is 7.35. The Morgan fingerprint density at radius 2 is 2.00 bits per heavy atom. The number of hydrogen-bond acceptors (Lipinski definition) is 2. The van der Waals surface area contributed by atoms with Crippen LogP contribution in [0.25, 0.3) is 6.08 Å². The lowest BCUT2D eigenvalue weighted by Crippen LogP contribution is -2.27. The van der Waals surface area contributed by atoms with E-state index in [1.807, 2.05) is 43.3 Å². The molecule has 0 bridgehead atoms. The molecule has 1 heterocycles. The maximum absolute atomic E-state index is 12.1. The fraction of sp³-hybridized carbons (Fsp3) is 0.286. The Morgan fingerprint density at radius 1 is 1.21 bits per heavy atom. The molecular weight excluding hydrogens is 296 g/mol. The number of carbonyl (C=O) groups excluding carboxylic acids is 1. The van der Waals surface area contributed by atoms with Crippen LogP contribution in [0.2, 0.25) is 0 Å². The maximum atomic E-state index is 12.1. The molecule has 1 amide bonds. The molecule has 3 rings (SSSR count). The Hall–Kier alpha value is -2.55. The third-order valence-corrected chi connectivity index (χ3v) is 4.54. The summed E-state index contributed by atoms with van der Waals surface area (Å²) in [5.41, 5.74) is 4.87. The fourth-order valence-corrected chi connectivity index (χ4v) is 3.16. The number of nitrogens with one attached hydrogen (secondary N) is 1. The van der Waals surface area contributed by atoms with Gasteiger partial charge in [0.15, 0.2) is 0 Å². The topological polar surface area (TPSA) is 32.3 Å². The predicted molar refractivity (Wildman–Crippen MR) is 100 cm³/mol. The summed E-state index contributed by atoms with van der Waals surface area (Å²) in [5.74, 6) is -0.0683. The number of amides is 1. The minimum Gasteiger partial charge on any atom is -0.374 e. The lowest BCUT2D eigenvalue weighted by atomic mass is 9.97. The number of hydrogen-bond donors (Lipinski definition) is 1. The number of benzene rings is 2. The SMILES string of the molecule is CC(NC(=O)C=Cc1ccccc1)c1ccc2c(c1)CCCN2C. The zero-order valence-electron chi connectivity index (χ0n) is 14.3. The number of carbonyl (C=O) groups is 1. The third-order valence-electron chi connectivity index (χ3n) is 4.54. The van der Waals surface area contributed by atoms with Gasteiger partial charge in [0, 0.05) is 25.4 Å². The minimum absolute atomic E-state index is 0.00421. The second-order valence-electron chi connectivity index (χ2n) is 6.39. The van der Waals surface area contributed by atoms with Crippen molar-refractivity contribution in [2.24, 2.45) is 0 Å².